The van der Waals surface area contributed by atoms with Gasteiger partial charge >= 0.3 is 12.1 Å². The van der Waals surface area contributed by atoms with Crippen molar-refractivity contribution in [2.24, 2.45) is 11.3 Å². The second-order valence-electron chi connectivity index (χ2n) is 8.39. The molecule has 0 saturated carbocycles. The van der Waals surface area contributed by atoms with Gasteiger partial charge in [0.25, 0.3) is 0 Å². The van der Waals surface area contributed by atoms with E-state index in [4.69, 9.17) is 9.47 Å². The molecule has 0 bridgehead atoms. The molecule has 1 fully saturated rings. The largest absolute Gasteiger partial charge is 0.464 e. The normalized spacial score (nSPS) is 25.1. The molecule has 0 unspecified atom stereocenters. The van der Waals surface area contributed by atoms with E-state index in [-0.39, 0.29) is 12.2 Å². The van der Waals surface area contributed by atoms with E-state index in [1.807, 2.05) is 20.8 Å². The van der Waals surface area contributed by atoms with Crippen molar-refractivity contribution >= 4 is 12.1 Å². The lowest BCUT2D eigenvalue weighted by Gasteiger charge is -2.34. The van der Waals surface area contributed by atoms with E-state index in [1.54, 1.807) is 26.8 Å². The summed E-state index contributed by atoms with van der Waals surface area (Å²) in [7, 11) is 0. The van der Waals surface area contributed by atoms with Gasteiger partial charge in [-0.1, -0.05) is 39.0 Å². The Bertz CT molecular complexity index is 715. The first kappa shape index (κ1) is 22.1. The van der Waals surface area contributed by atoms with Gasteiger partial charge in [-0.05, 0) is 32.3 Å². The summed E-state index contributed by atoms with van der Waals surface area (Å²) in [6.45, 7) is 10.8. The van der Waals surface area contributed by atoms with Crippen molar-refractivity contribution in [3.8, 4) is 0 Å². The molecule has 1 heterocycles. The first-order valence-electron chi connectivity index (χ1n) is 9.58. The number of nitrogens with zero attached hydrogens (tertiary/aromatic N) is 1. The molecule has 1 aromatic rings. The highest BCUT2D eigenvalue weighted by Crippen LogP contribution is 2.48. The number of carbonyl (C=O) groups excluding carboxylic acids is 2. The maximum atomic E-state index is 14.6. The Morgan fingerprint density at radius 3 is 2.36 bits per heavy atom. The molecule has 156 valence electrons. The first-order valence-corrected chi connectivity index (χ1v) is 9.58. The number of ether oxygens (including phenoxy) is 2. The number of esters is 1. The molecule has 1 aliphatic heterocycles. The quantitative estimate of drug-likeness (QED) is 0.787. The number of amides is 1. The Balaban J connectivity index is 2.65. The van der Waals surface area contributed by atoms with Gasteiger partial charge in [-0.2, -0.15) is 0 Å². The molecule has 0 aromatic heterocycles. The maximum absolute atomic E-state index is 14.6. The van der Waals surface area contributed by atoms with E-state index in [0.717, 1.165) is 4.90 Å². The number of benzene rings is 1. The summed E-state index contributed by atoms with van der Waals surface area (Å²) in [5.41, 5.74) is -0.426. The number of likely N-dealkylation sites (tertiary alicyclic amines) is 1. The Labute approximate surface area is 165 Å². The van der Waals surface area contributed by atoms with Crippen molar-refractivity contribution < 1.29 is 28.6 Å². The van der Waals surface area contributed by atoms with Gasteiger partial charge in [0.2, 0.25) is 0 Å². The van der Waals surface area contributed by atoms with Crippen LogP contribution in [0, 0.1) is 17.2 Å². The van der Waals surface area contributed by atoms with Crippen LogP contribution in [0.25, 0.3) is 0 Å². The summed E-state index contributed by atoms with van der Waals surface area (Å²) in [5.74, 6) is -1.87. The summed E-state index contributed by atoms with van der Waals surface area (Å²) < 4.78 is 25.2. The third-order valence-corrected chi connectivity index (χ3v) is 4.93. The fourth-order valence-electron chi connectivity index (χ4n) is 3.91. The summed E-state index contributed by atoms with van der Waals surface area (Å²) in [6, 6.07) is 3.77. The molecular weight excluding hydrogens is 365 g/mol. The van der Waals surface area contributed by atoms with Crippen LogP contribution in [0.1, 0.15) is 53.1 Å². The van der Waals surface area contributed by atoms with Gasteiger partial charge in [0.1, 0.15) is 11.9 Å². The highest BCUT2D eigenvalue weighted by atomic mass is 19.1. The van der Waals surface area contributed by atoms with Crippen LogP contribution in [0.15, 0.2) is 24.3 Å². The molecule has 0 radical (unpaired) electrons. The lowest BCUT2D eigenvalue weighted by Crippen LogP contribution is -2.48. The van der Waals surface area contributed by atoms with Gasteiger partial charge in [0, 0.05) is 11.5 Å². The van der Waals surface area contributed by atoms with Crippen molar-refractivity contribution in [2.45, 2.75) is 65.8 Å². The van der Waals surface area contributed by atoms with Crippen LogP contribution in [-0.4, -0.2) is 46.9 Å². The van der Waals surface area contributed by atoms with Crippen LogP contribution in [0.3, 0.4) is 0 Å². The second-order valence-corrected chi connectivity index (χ2v) is 8.39. The van der Waals surface area contributed by atoms with Crippen molar-refractivity contribution in [1.82, 2.24) is 4.90 Å². The molecule has 1 aromatic carbocycles. The van der Waals surface area contributed by atoms with Crippen LogP contribution in [-0.2, 0) is 14.3 Å². The van der Waals surface area contributed by atoms with Gasteiger partial charge in [0.15, 0.2) is 0 Å². The van der Waals surface area contributed by atoms with E-state index in [9.17, 15) is 19.1 Å². The molecule has 7 heteroatoms. The zero-order valence-corrected chi connectivity index (χ0v) is 17.3. The second kappa shape index (κ2) is 8.47. The minimum absolute atomic E-state index is 0.125. The van der Waals surface area contributed by atoms with Crippen LogP contribution in [0.4, 0.5) is 9.18 Å². The molecule has 6 nitrogen and oxygen atoms in total. The zero-order chi connectivity index (χ0) is 21.2. The van der Waals surface area contributed by atoms with Gasteiger partial charge < -0.3 is 14.6 Å². The van der Waals surface area contributed by atoms with Crippen molar-refractivity contribution in [2.75, 3.05) is 6.61 Å². The summed E-state index contributed by atoms with van der Waals surface area (Å²) in [6.07, 6.45) is -2.40. The fraction of sp³-hybridized carbons (Fsp3) is 0.619. The van der Waals surface area contributed by atoms with E-state index in [0.29, 0.717) is 0 Å². The van der Waals surface area contributed by atoms with Crippen LogP contribution in [0.5, 0.6) is 0 Å². The number of aliphatic hydroxyl groups excluding tert-OH is 1. The molecule has 4 atom stereocenters. The van der Waals surface area contributed by atoms with Crippen molar-refractivity contribution in [1.29, 1.82) is 0 Å². The highest BCUT2D eigenvalue weighted by molar-refractivity contribution is 5.83. The fourth-order valence-corrected chi connectivity index (χ4v) is 3.91. The molecule has 2 rings (SSSR count). The van der Waals surface area contributed by atoms with Gasteiger partial charge in [0.05, 0.1) is 24.9 Å². The number of aliphatic hydroxyl groups is 1. The number of carbonyl (C=O) groups is 2. The van der Waals surface area contributed by atoms with E-state index in [2.05, 4.69) is 0 Å². The molecule has 1 N–H and O–H groups in total. The van der Waals surface area contributed by atoms with Crippen LogP contribution >= 0.6 is 0 Å². The molecule has 28 heavy (non-hydrogen) atoms. The Morgan fingerprint density at radius 2 is 1.86 bits per heavy atom. The molecule has 0 spiro atoms. The summed E-state index contributed by atoms with van der Waals surface area (Å²) in [5, 5.41) is 11.2. The number of hydrogen-bond acceptors (Lipinski definition) is 5. The lowest BCUT2D eigenvalue weighted by atomic mass is 9.74. The Morgan fingerprint density at radius 1 is 1.25 bits per heavy atom. The van der Waals surface area contributed by atoms with Gasteiger partial charge in [-0.3, -0.25) is 4.90 Å². The van der Waals surface area contributed by atoms with Crippen LogP contribution < -0.4 is 0 Å². The minimum Gasteiger partial charge on any atom is -0.464 e. The van der Waals surface area contributed by atoms with Gasteiger partial charge in [-0.25, -0.2) is 14.0 Å². The molecule has 1 aliphatic rings. The van der Waals surface area contributed by atoms with E-state index in [1.165, 1.54) is 18.2 Å². The SMILES string of the molecule is CCOC(=O)[C@@H]1[C@@H](C(C)(C)C)[C@H](O)[C@H](c2ccccc2F)N1C(=O)OC(C)C. The molecule has 1 saturated heterocycles. The first-order chi connectivity index (χ1) is 13.0. The number of hydrogen-bond donors (Lipinski definition) is 1. The zero-order valence-electron chi connectivity index (χ0n) is 17.3. The monoisotopic (exact) mass is 395 g/mol. The maximum Gasteiger partial charge on any atom is 0.411 e. The van der Waals surface area contributed by atoms with E-state index >= 15 is 0 Å². The molecule has 0 aliphatic carbocycles. The molecular formula is C21H30FNO5. The minimum atomic E-state index is -1.17. The van der Waals surface area contributed by atoms with Crippen molar-refractivity contribution in [3.05, 3.63) is 35.6 Å². The Hall–Kier alpha value is -2.15. The number of halogens is 1. The average molecular weight is 395 g/mol. The third kappa shape index (κ3) is 4.29. The molecule has 1 amide bonds. The summed E-state index contributed by atoms with van der Waals surface area (Å²) >= 11 is 0. The standard InChI is InChI=1S/C21H30FNO5/c1-7-27-19(25)17-15(21(4,5)6)18(24)16(13-10-8-9-11-14(13)22)23(17)20(26)28-12(2)3/h8-12,15-18,24H,7H2,1-6H3/t15-,16+,17+,18+/m1/s1. The van der Waals surface area contributed by atoms with Crippen LogP contribution in [0.2, 0.25) is 0 Å². The lowest BCUT2D eigenvalue weighted by molar-refractivity contribution is -0.151. The third-order valence-electron chi connectivity index (χ3n) is 4.93. The topological polar surface area (TPSA) is 76.1 Å². The smallest absolute Gasteiger partial charge is 0.411 e. The predicted molar refractivity (Wildman–Crippen MR) is 102 cm³/mol. The van der Waals surface area contributed by atoms with Crippen molar-refractivity contribution in [3.63, 3.8) is 0 Å². The summed E-state index contributed by atoms with van der Waals surface area (Å²) in [4.78, 5) is 26.9. The Kier molecular flexibility index (Phi) is 6.70. The predicted octanol–water partition coefficient (Wildman–Crippen LogP) is 3.68. The average Bonchev–Trinajstić information content (AvgIpc) is 2.88. The van der Waals surface area contributed by atoms with E-state index < -0.39 is 53.5 Å². The van der Waals surface area contributed by atoms with Gasteiger partial charge in [-0.15, -0.1) is 0 Å². The highest BCUT2D eigenvalue weighted by Gasteiger charge is 2.59. The number of rotatable bonds is 4.